The van der Waals surface area contributed by atoms with Crippen LogP contribution in [0.3, 0.4) is 0 Å². The summed E-state index contributed by atoms with van der Waals surface area (Å²) in [7, 11) is 0. The molecule has 0 saturated carbocycles. The third-order valence-electron chi connectivity index (χ3n) is 2.35. The molecule has 1 aromatic carbocycles. The van der Waals surface area contributed by atoms with Gasteiger partial charge in [0.15, 0.2) is 6.23 Å². The summed E-state index contributed by atoms with van der Waals surface area (Å²) >= 11 is 3.25. The minimum Gasteiger partial charge on any atom is -0.369 e. The zero-order valence-electron chi connectivity index (χ0n) is 7.48. The minimum atomic E-state index is -0.781. The van der Waals surface area contributed by atoms with Gasteiger partial charge in [-0.05, 0) is 6.07 Å². The highest BCUT2D eigenvalue weighted by Crippen LogP contribution is 2.30. The van der Waals surface area contributed by atoms with E-state index in [9.17, 15) is 9.90 Å². The molecule has 0 bridgehead atoms. The zero-order valence-corrected chi connectivity index (χ0v) is 9.07. The first-order valence-electron chi connectivity index (χ1n) is 4.39. The second-order valence-corrected chi connectivity index (χ2v) is 3.94. The average molecular weight is 256 g/mol. The molecule has 1 amide bonds. The normalized spacial score (nSPS) is 20.0. The first kappa shape index (κ1) is 9.68. The van der Waals surface area contributed by atoms with Crippen LogP contribution in [0.5, 0.6) is 0 Å². The number of aliphatic hydroxyl groups is 1. The Morgan fingerprint density at radius 3 is 2.79 bits per heavy atom. The molecule has 0 spiro atoms. The van der Waals surface area contributed by atoms with Crippen LogP contribution in [0.2, 0.25) is 0 Å². The van der Waals surface area contributed by atoms with Crippen molar-refractivity contribution in [3.8, 4) is 0 Å². The molecule has 0 aromatic heterocycles. The average Bonchev–Trinajstić information content (AvgIpc) is 2.45. The van der Waals surface area contributed by atoms with Crippen molar-refractivity contribution in [1.29, 1.82) is 0 Å². The summed E-state index contributed by atoms with van der Waals surface area (Å²) in [6, 6.07) is 7.16. The fourth-order valence-corrected chi connectivity index (χ4v) is 2.05. The van der Waals surface area contributed by atoms with Gasteiger partial charge in [0.05, 0.1) is 0 Å². The molecule has 14 heavy (non-hydrogen) atoms. The molecule has 74 valence electrons. The van der Waals surface area contributed by atoms with Crippen molar-refractivity contribution in [2.75, 3.05) is 11.9 Å². The number of carbonyl (C=O) groups is 1. The third-order valence-corrected chi connectivity index (χ3v) is 2.71. The molecule has 0 saturated heterocycles. The predicted octanol–water partition coefficient (Wildman–Crippen LogP) is 1.53. The van der Waals surface area contributed by atoms with Gasteiger partial charge in [-0.15, -0.1) is 0 Å². The molecule has 1 aliphatic heterocycles. The van der Waals surface area contributed by atoms with Gasteiger partial charge in [0.1, 0.15) is 0 Å². The number of aliphatic hydroxyl groups excluding tert-OH is 1. The fourth-order valence-electron chi connectivity index (χ4n) is 1.67. The van der Waals surface area contributed by atoms with E-state index in [1.54, 1.807) is 18.2 Å². The Balaban J connectivity index is 2.38. The van der Waals surface area contributed by atoms with E-state index in [0.29, 0.717) is 23.0 Å². The summed E-state index contributed by atoms with van der Waals surface area (Å²) < 4.78 is 0. The standard InChI is InChI=1S/C10H10BrNO2/c11-5-6-12-9(13)7-3-1-2-4-8(7)10(12)14/h1-4,9,13H,5-6H2/t9-/m0/s1. The van der Waals surface area contributed by atoms with E-state index in [1.165, 1.54) is 4.90 Å². The molecule has 1 atom stereocenters. The van der Waals surface area contributed by atoms with Gasteiger partial charge >= 0.3 is 0 Å². The van der Waals surface area contributed by atoms with Crippen LogP contribution in [0, 0.1) is 0 Å². The van der Waals surface area contributed by atoms with Crippen LogP contribution in [0.25, 0.3) is 0 Å². The molecule has 1 aliphatic rings. The van der Waals surface area contributed by atoms with Gasteiger partial charge in [-0.25, -0.2) is 0 Å². The second-order valence-electron chi connectivity index (χ2n) is 3.15. The van der Waals surface area contributed by atoms with E-state index < -0.39 is 6.23 Å². The number of rotatable bonds is 2. The van der Waals surface area contributed by atoms with Gasteiger partial charge in [0, 0.05) is 23.0 Å². The van der Waals surface area contributed by atoms with Crippen LogP contribution in [-0.2, 0) is 0 Å². The van der Waals surface area contributed by atoms with E-state index in [2.05, 4.69) is 15.9 Å². The lowest BCUT2D eigenvalue weighted by atomic mass is 10.1. The number of benzene rings is 1. The Morgan fingerprint density at radius 1 is 1.43 bits per heavy atom. The number of nitrogens with zero attached hydrogens (tertiary/aromatic N) is 1. The molecule has 1 N–H and O–H groups in total. The highest BCUT2D eigenvalue weighted by Gasteiger charge is 2.34. The van der Waals surface area contributed by atoms with E-state index >= 15 is 0 Å². The summed E-state index contributed by atoms with van der Waals surface area (Å²) in [4.78, 5) is 13.2. The van der Waals surface area contributed by atoms with E-state index in [-0.39, 0.29) is 5.91 Å². The summed E-state index contributed by atoms with van der Waals surface area (Å²) in [5.74, 6) is -0.0902. The molecule has 4 heteroatoms. The highest BCUT2D eigenvalue weighted by atomic mass is 79.9. The van der Waals surface area contributed by atoms with Gasteiger partial charge in [-0.3, -0.25) is 4.79 Å². The van der Waals surface area contributed by atoms with Crippen molar-refractivity contribution in [2.24, 2.45) is 0 Å². The topological polar surface area (TPSA) is 40.5 Å². The number of fused-ring (bicyclic) bond motifs is 1. The monoisotopic (exact) mass is 255 g/mol. The van der Waals surface area contributed by atoms with Gasteiger partial charge in [-0.2, -0.15) is 0 Å². The van der Waals surface area contributed by atoms with Crippen LogP contribution in [0.1, 0.15) is 22.1 Å². The predicted molar refractivity (Wildman–Crippen MR) is 56.2 cm³/mol. The lowest BCUT2D eigenvalue weighted by Crippen LogP contribution is -2.29. The molecule has 1 aromatic rings. The number of hydrogen-bond acceptors (Lipinski definition) is 2. The highest BCUT2D eigenvalue weighted by molar-refractivity contribution is 9.09. The van der Waals surface area contributed by atoms with Crippen molar-refractivity contribution in [1.82, 2.24) is 4.90 Å². The maximum absolute atomic E-state index is 11.7. The summed E-state index contributed by atoms with van der Waals surface area (Å²) in [5.41, 5.74) is 1.32. The maximum atomic E-state index is 11.7. The minimum absolute atomic E-state index is 0.0902. The van der Waals surface area contributed by atoms with Gasteiger partial charge in [0.2, 0.25) is 0 Å². The second kappa shape index (κ2) is 3.71. The molecule has 0 aliphatic carbocycles. The van der Waals surface area contributed by atoms with Crippen LogP contribution < -0.4 is 0 Å². The number of hydrogen-bond donors (Lipinski definition) is 1. The number of alkyl halides is 1. The maximum Gasteiger partial charge on any atom is 0.256 e. The van der Waals surface area contributed by atoms with Crippen molar-refractivity contribution < 1.29 is 9.90 Å². The Labute approximate surface area is 90.5 Å². The fraction of sp³-hybridized carbons (Fsp3) is 0.300. The number of amides is 1. The van der Waals surface area contributed by atoms with Crippen LogP contribution in [-0.4, -0.2) is 27.8 Å². The van der Waals surface area contributed by atoms with Gasteiger partial charge < -0.3 is 10.0 Å². The van der Waals surface area contributed by atoms with Crippen LogP contribution in [0.4, 0.5) is 0 Å². The molecule has 0 radical (unpaired) electrons. The largest absolute Gasteiger partial charge is 0.369 e. The first-order valence-corrected chi connectivity index (χ1v) is 5.52. The van der Waals surface area contributed by atoms with Crippen LogP contribution >= 0.6 is 15.9 Å². The van der Waals surface area contributed by atoms with Crippen molar-refractivity contribution >= 4 is 21.8 Å². The van der Waals surface area contributed by atoms with Crippen molar-refractivity contribution in [2.45, 2.75) is 6.23 Å². The molecule has 2 rings (SSSR count). The molecular formula is C10H10BrNO2. The summed E-state index contributed by atoms with van der Waals surface area (Å²) in [6.45, 7) is 0.522. The number of carbonyl (C=O) groups excluding carboxylic acids is 1. The molecule has 0 fully saturated rings. The molecular weight excluding hydrogens is 246 g/mol. The zero-order chi connectivity index (χ0) is 10.1. The van der Waals surface area contributed by atoms with E-state index in [0.717, 1.165) is 0 Å². The lowest BCUT2D eigenvalue weighted by Gasteiger charge is -2.19. The lowest BCUT2D eigenvalue weighted by molar-refractivity contribution is 0.0209. The quantitative estimate of drug-likeness (QED) is 0.815. The van der Waals surface area contributed by atoms with Crippen molar-refractivity contribution in [3.63, 3.8) is 0 Å². The smallest absolute Gasteiger partial charge is 0.256 e. The number of halogens is 1. The molecule has 3 nitrogen and oxygen atoms in total. The van der Waals surface area contributed by atoms with Crippen LogP contribution in [0.15, 0.2) is 24.3 Å². The molecule has 1 heterocycles. The SMILES string of the molecule is O=C1c2ccccc2[C@H](O)N1CCBr. The van der Waals surface area contributed by atoms with Gasteiger partial charge in [-0.1, -0.05) is 34.1 Å². The summed E-state index contributed by atoms with van der Waals surface area (Å²) in [5, 5.41) is 10.5. The van der Waals surface area contributed by atoms with Gasteiger partial charge in [0.25, 0.3) is 5.91 Å². The first-order chi connectivity index (χ1) is 6.75. The third kappa shape index (κ3) is 1.35. The Bertz CT molecular complexity index is 367. The summed E-state index contributed by atoms with van der Waals surface area (Å²) in [6.07, 6.45) is -0.781. The van der Waals surface area contributed by atoms with E-state index in [1.807, 2.05) is 6.07 Å². The van der Waals surface area contributed by atoms with Crippen molar-refractivity contribution in [3.05, 3.63) is 35.4 Å². The Kier molecular flexibility index (Phi) is 2.56. The Morgan fingerprint density at radius 2 is 2.14 bits per heavy atom. The van der Waals surface area contributed by atoms with E-state index in [4.69, 9.17) is 0 Å². The Hall–Kier alpha value is -0.870. The molecule has 0 unspecified atom stereocenters.